The zero-order chi connectivity index (χ0) is 19.8. The minimum absolute atomic E-state index is 0.111. The first-order valence-electron chi connectivity index (χ1n) is 9.49. The summed E-state index contributed by atoms with van der Waals surface area (Å²) in [4.78, 5) is 18.0. The first-order valence-corrected chi connectivity index (χ1v) is 10.3. The summed E-state index contributed by atoms with van der Waals surface area (Å²) in [6, 6.07) is 8.42. The van der Waals surface area contributed by atoms with E-state index in [4.69, 9.17) is 10.00 Å². The summed E-state index contributed by atoms with van der Waals surface area (Å²) >= 11 is 1.18. The molecule has 6 heteroatoms. The number of thioether (sulfide) groups is 1. The summed E-state index contributed by atoms with van der Waals surface area (Å²) in [6.45, 7) is 12.7. The second-order valence-electron chi connectivity index (χ2n) is 9.30. The highest BCUT2D eigenvalue weighted by Crippen LogP contribution is 2.43. The molecule has 0 unspecified atom stereocenters. The minimum atomic E-state index is -0.480. The molecule has 146 valence electrons. The van der Waals surface area contributed by atoms with Gasteiger partial charge in [-0.3, -0.25) is 0 Å². The quantitative estimate of drug-likeness (QED) is 0.542. The van der Waals surface area contributed by atoms with Gasteiger partial charge >= 0.3 is 6.09 Å². The van der Waals surface area contributed by atoms with Crippen molar-refractivity contribution >= 4 is 23.5 Å². The van der Waals surface area contributed by atoms with Gasteiger partial charge in [-0.15, -0.1) is 0 Å². The van der Waals surface area contributed by atoms with Crippen LogP contribution in [0.3, 0.4) is 0 Å². The molecule has 1 aromatic rings. The maximum absolute atomic E-state index is 12.7. The number of benzene rings is 1. The molecule has 0 spiro atoms. The van der Waals surface area contributed by atoms with Gasteiger partial charge in [0.05, 0.1) is 6.04 Å². The number of fused-ring (bicyclic) bond motifs is 4. The van der Waals surface area contributed by atoms with E-state index in [-0.39, 0.29) is 17.6 Å². The van der Waals surface area contributed by atoms with Crippen LogP contribution in [0.4, 0.5) is 10.5 Å². The molecular formula is C21H29N3O2S. The van der Waals surface area contributed by atoms with Gasteiger partial charge in [0.1, 0.15) is 11.0 Å². The SMILES string of the molecule is CC(C)(C)OC(=O)N1C[C@@H]2CN(c3ccc(SC#N)cc3)[C@H](C1)C(C)(C)C2. The number of rotatable bonds is 2. The molecule has 3 fully saturated rings. The number of hydrogen-bond donors (Lipinski definition) is 0. The highest BCUT2D eigenvalue weighted by molar-refractivity contribution is 8.03. The minimum Gasteiger partial charge on any atom is -0.444 e. The van der Waals surface area contributed by atoms with Crippen LogP contribution in [-0.2, 0) is 4.74 Å². The van der Waals surface area contributed by atoms with Crippen molar-refractivity contribution in [3.05, 3.63) is 24.3 Å². The number of thiocyanates is 1. The molecule has 27 heavy (non-hydrogen) atoms. The van der Waals surface area contributed by atoms with Crippen molar-refractivity contribution in [3.63, 3.8) is 0 Å². The lowest BCUT2D eigenvalue weighted by molar-refractivity contribution is 0.0240. The third-order valence-corrected chi connectivity index (χ3v) is 6.00. The Morgan fingerprint density at radius 1 is 1.22 bits per heavy atom. The van der Waals surface area contributed by atoms with Crippen LogP contribution in [0.1, 0.15) is 41.0 Å². The van der Waals surface area contributed by atoms with Gasteiger partial charge in [-0.2, -0.15) is 5.26 Å². The molecule has 5 nitrogen and oxygen atoms in total. The van der Waals surface area contributed by atoms with Crippen LogP contribution in [0.15, 0.2) is 29.2 Å². The van der Waals surface area contributed by atoms with Gasteiger partial charge < -0.3 is 14.5 Å². The van der Waals surface area contributed by atoms with Gasteiger partial charge in [0.2, 0.25) is 0 Å². The number of nitriles is 1. The van der Waals surface area contributed by atoms with Gasteiger partial charge in [0.15, 0.2) is 0 Å². The van der Waals surface area contributed by atoms with Crippen molar-refractivity contribution in [2.24, 2.45) is 11.3 Å². The number of anilines is 1. The van der Waals surface area contributed by atoms with E-state index >= 15 is 0 Å². The Morgan fingerprint density at radius 2 is 1.89 bits per heavy atom. The van der Waals surface area contributed by atoms with Crippen molar-refractivity contribution < 1.29 is 9.53 Å². The van der Waals surface area contributed by atoms with E-state index < -0.39 is 5.60 Å². The number of ether oxygens (including phenoxy) is 1. The number of nitrogens with zero attached hydrogens (tertiary/aromatic N) is 3. The Hall–Kier alpha value is -1.87. The summed E-state index contributed by atoms with van der Waals surface area (Å²) in [6.07, 6.45) is 0.897. The molecule has 4 rings (SSSR count). The van der Waals surface area contributed by atoms with Crippen LogP contribution in [0, 0.1) is 22.0 Å². The Balaban J connectivity index is 1.84. The normalized spacial score (nSPS) is 24.3. The molecule has 0 aromatic heterocycles. The maximum atomic E-state index is 12.7. The van der Waals surface area contributed by atoms with Gasteiger partial charge in [-0.1, -0.05) is 13.8 Å². The number of hydrogen-bond acceptors (Lipinski definition) is 5. The van der Waals surface area contributed by atoms with E-state index in [1.807, 2.05) is 37.8 Å². The fourth-order valence-electron chi connectivity index (χ4n) is 4.35. The average Bonchev–Trinajstić information content (AvgIpc) is 2.81. The third kappa shape index (κ3) is 4.52. The average molecular weight is 388 g/mol. The fourth-order valence-corrected chi connectivity index (χ4v) is 4.73. The van der Waals surface area contributed by atoms with Crippen molar-refractivity contribution in [3.8, 4) is 5.40 Å². The highest BCUT2D eigenvalue weighted by atomic mass is 32.2. The first kappa shape index (κ1) is 19.9. The van der Waals surface area contributed by atoms with E-state index in [2.05, 4.69) is 36.3 Å². The van der Waals surface area contributed by atoms with Crippen molar-refractivity contribution in [1.82, 2.24) is 4.90 Å². The summed E-state index contributed by atoms with van der Waals surface area (Å²) in [5, 5.41) is 11.0. The topological polar surface area (TPSA) is 56.6 Å². The Labute approximate surface area is 166 Å². The van der Waals surface area contributed by atoms with E-state index in [9.17, 15) is 4.79 Å². The summed E-state index contributed by atoms with van der Waals surface area (Å²) in [5.41, 5.74) is 0.789. The Kier molecular flexibility index (Phi) is 5.36. The molecule has 0 radical (unpaired) electrons. The largest absolute Gasteiger partial charge is 0.444 e. The van der Waals surface area contributed by atoms with Gasteiger partial charge in [0, 0.05) is 30.2 Å². The van der Waals surface area contributed by atoms with Crippen LogP contribution >= 0.6 is 11.8 Å². The number of amides is 1. The third-order valence-electron chi connectivity index (χ3n) is 5.40. The maximum Gasteiger partial charge on any atom is 0.410 e. The van der Waals surface area contributed by atoms with E-state index in [0.717, 1.165) is 30.1 Å². The van der Waals surface area contributed by atoms with Gasteiger partial charge in [-0.25, -0.2) is 4.79 Å². The Bertz CT molecular complexity index is 733. The van der Waals surface area contributed by atoms with Crippen LogP contribution in [0.2, 0.25) is 0 Å². The van der Waals surface area contributed by atoms with Crippen LogP contribution in [0.25, 0.3) is 0 Å². The molecule has 0 aliphatic carbocycles. The standard InChI is InChI=1S/C21H29N3O2S/c1-20(2,3)26-19(25)23-11-15-10-21(4,5)18(13-23)24(12-15)16-6-8-17(9-7-16)27-14-22/h6-9,15,18H,10-13H2,1-5H3/t15-,18-/m1/s1. The molecule has 0 N–H and O–H groups in total. The van der Waals surface area contributed by atoms with Gasteiger partial charge in [0.25, 0.3) is 0 Å². The molecule has 3 aliphatic heterocycles. The number of carbonyl (C=O) groups excluding carboxylic acids is 1. The summed E-state index contributed by atoms with van der Waals surface area (Å²) in [7, 11) is 0. The monoisotopic (exact) mass is 387 g/mol. The number of carbonyl (C=O) groups is 1. The fraction of sp³-hybridized carbons (Fsp3) is 0.619. The Morgan fingerprint density at radius 3 is 2.48 bits per heavy atom. The second-order valence-corrected chi connectivity index (χ2v) is 10.2. The zero-order valence-electron chi connectivity index (χ0n) is 16.9. The van der Waals surface area contributed by atoms with Gasteiger partial charge in [-0.05, 0) is 74.6 Å². The van der Waals surface area contributed by atoms with Crippen LogP contribution in [-0.4, -0.2) is 42.3 Å². The number of piperidine rings is 1. The lowest BCUT2D eigenvalue weighted by Gasteiger charge is -2.48. The molecular weight excluding hydrogens is 358 g/mol. The second kappa shape index (κ2) is 7.27. The molecule has 1 amide bonds. The highest BCUT2D eigenvalue weighted by Gasteiger charge is 2.47. The smallest absolute Gasteiger partial charge is 0.410 e. The molecule has 1 aromatic carbocycles. The summed E-state index contributed by atoms with van der Waals surface area (Å²) in [5.74, 6) is 0.416. The molecule has 0 saturated carbocycles. The molecule has 2 atom stereocenters. The molecule has 2 bridgehead atoms. The first-order chi connectivity index (χ1) is 12.6. The molecule has 3 aliphatic rings. The van der Waals surface area contributed by atoms with E-state index in [1.54, 1.807) is 0 Å². The summed E-state index contributed by atoms with van der Waals surface area (Å²) < 4.78 is 5.64. The molecule has 3 heterocycles. The van der Waals surface area contributed by atoms with E-state index in [1.165, 1.54) is 11.8 Å². The predicted octanol–water partition coefficient (Wildman–Crippen LogP) is 4.73. The van der Waals surface area contributed by atoms with Crippen molar-refractivity contribution in [2.45, 2.75) is 57.6 Å². The van der Waals surface area contributed by atoms with Crippen molar-refractivity contribution in [2.75, 3.05) is 24.5 Å². The van der Waals surface area contributed by atoms with Crippen LogP contribution < -0.4 is 4.90 Å². The van der Waals surface area contributed by atoms with E-state index in [0.29, 0.717) is 12.5 Å². The predicted molar refractivity (Wildman–Crippen MR) is 109 cm³/mol. The molecule has 3 saturated heterocycles. The lowest BCUT2D eigenvalue weighted by atomic mass is 9.73. The lowest BCUT2D eigenvalue weighted by Crippen LogP contribution is -2.54. The van der Waals surface area contributed by atoms with Crippen LogP contribution in [0.5, 0.6) is 0 Å². The zero-order valence-corrected chi connectivity index (χ0v) is 17.7. The van der Waals surface area contributed by atoms with Crippen molar-refractivity contribution in [1.29, 1.82) is 5.26 Å².